The molecule has 0 radical (unpaired) electrons. The Morgan fingerprint density at radius 2 is 2.20 bits per heavy atom. The zero-order chi connectivity index (χ0) is 11.0. The highest BCUT2D eigenvalue weighted by Crippen LogP contribution is 2.14. The lowest BCUT2D eigenvalue weighted by atomic mass is 10.1. The third kappa shape index (κ3) is 1.38. The van der Waals surface area contributed by atoms with Crippen LogP contribution in [0.15, 0.2) is 23.3 Å². The van der Waals surface area contributed by atoms with E-state index in [4.69, 9.17) is 5.26 Å². The fraction of sp³-hybridized carbons (Fsp3) is 0.182. The van der Waals surface area contributed by atoms with Crippen LogP contribution in [0.4, 0.5) is 0 Å². The van der Waals surface area contributed by atoms with E-state index < -0.39 is 0 Å². The minimum Gasteiger partial charge on any atom is -0.302 e. The first-order valence-corrected chi connectivity index (χ1v) is 4.49. The fourth-order valence-electron chi connectivity index (χ4n) is 1.57. The second-order valence-electron chi connectivity index (χ2n) is 3.46. The summed E-state index contributed by atoms with van der Waals surface area (Å²) in [4.78, 5) is 15.9. The van der Waals surface area contributed by atoms with Gasteiger partial charge in [0.15, 0.2) is 0 Å². The molecule has 0 aliphatic rings. The molecule has 15 heavy (non-hydrogen) atoms. The molecule has 0 bridgehead atoms. The van der Waals surface area contributed by atoms with E-state index in [0.29, 0.717) is 16.5 Å². The molecule has 0 aliphatic carbocycles. The molecule has 74 valence electrons. The normalized spacial score (nSPS) is 10.2. The topological polar surface area (TPSA) is 58.7 Å². The maximum absolute atomic E-state index is 11.8. The molecule has 0 unspecified atom stereocenters. The molecule has 0 saturated heterocycles. The van der Waals surface area contributed by atoms with Crippen molar-refractivity contribution in [2.24, 2.45) is 7.05 Å². The van der Waals surface area contributed by atoms with E-state index in [9.17, 15) is 4.79 Å². The van der Waals surface area contributed by atoms with Crippen molar-refractivity contribution in [3.05, 3.63) is 39.9 Å². The Labute approximate surface area is 86.4 Å². The van der Waals surface area contributed by atoms with E-state index in [1.807, 2.05) is 13.0 Å². The molecule has 0 fully saturated rings. The van der Waals surface area contributed by atoms with Crippen LogP contribution in [-0.2, 0) is 7.05 Å². The predicted molar refractivity (Wildman–Crippen MR) is 56.4 cm³/mol. The molecule has 0 N–H and O–H groups in total. The third-order valence-electron chi connectivity index (χ3n) is 2.34. The summed E-state index contributed by atoms with van der Waals surface area (Å²) in [6.45, 7) is 1.84. The van der Waals surface area contributed by atoms with Crippen LogP contribution >= 0.6 is 0 Å². The van der Waals surface area contributed by atoms with E-state index in [-0.39, 0.29) is 5.56 Å². The zero-order valence-corrected chi connectivity index (χ0v) is 8.48. The van der Waals surface area contributed by atoms with Crippen molar-refractivity contribution in [1.29, 1.82) is 5.26 Å². The van der Waals surface area contributed by atoms with E-state index in [1.165, 1.54) is 10.9 Å². The molecule has 1 aromatic carbocycles. The molecule has 0 atom stereocenters. The number of fused-ring (bicyclic) bond motifs is 1. The van der Waals surface area contributed by atoms with E-state index >= 15 is 0 Å². The number of hydrogen-bond donors (Lipinski definition) is 0. The van der Waals surface area contributed by atoms with Crippen molar-refractivity contribution in [3.8, 4) is 6.07 Å². The van der Waals surface area contributed by atoms with Gasteiger partial charge in [0.25, 0.3) is 5.56 Å². The first-order chi connectivity index (χ1) is 7.13. The lowest BCUT2D eigenvalue weighted by Gasteiger charge is -2.03. The Morgan fingerprint density at radius 1 is 1.47 bits per heavy atom. The molecule has 1 aromatic heterocycles. The monoisotopic (exact) mass is 199 g/mol. The van der Waals surface area contributed by atoms with E-state index in [0.717, 1.165) is 5.56 Å². The van der Waals surface area contributed by atoms with Crippen LogP contribution in [0.3, 0.4) is 0 Å². The quantitative estimate of drug-likeness (QED) is 0.638. The molecule has 4 heteroatoms. The predicted octanol–water partition coefficient (Wildman–Crippen LogP) is 1.11. The zero-order valence-electron chi connectivity index (χ0n) is 8.48. The summed E-state index contributed by atoms with van der Waals surface area (Å²) in [6, 6.07) is 5.34. The highest BCUT2D eigenvalue weighted by Gasteiger charge is 2.06. The Morgan fingerprint density at radius 3 is 2.87 bits per heavy atom. The van der Waals surface area contributed by atoms with E-state index in [2.05, 4.69) is 4.98 Å². The van der Waals surface area contributed by atoms with E-state index in [1.54, 1.807) is 19.2 Å². The highest BCUT2D eigenvalue weighted by atomic mass is 16.1. The van der Waals surface area contributed by atoms with Crippen molar-refractivity contribution in [3.63, 3.8) is 0 Å². The summed E-state index contributed by atoms with van der Waals surface area (Å²) < 4.78 is 1.41. The second kappa shape index (κ2) is 3.21. The molecule has 0 aliphatic heterocycles. The van der Waals surface area contributed by atoms with Crippen LogP contribution in [0.2, 0.25) is 0 Å². The summed E-state index contributed by atoms with van der Waals surface area (Å²) >= 11 is 0. The molecule has 0 saturated carbocycles. The Balaban J connectivity index is 3.01. The number of nitriles is 1. The smallest absolute Gasteiger partial charge is 0.260 e. The second-order valence-corrected chi connectivity index (χ2v) is 3.46. The standard InChI is InChI=1S/C11H9N3O/c1-7-3-8(5-12)4-9-10(7)13-6-14(2)11(9)15/h3-4,6H,1-2H3. The number of rotatable bonds is 0. The average molecular weight is 199 g/mol. The van der Waals surface area contributed by atoms with Gasteiger partial charge in [0, 0.05) is 7.05 Å². The van der Waals surface area contributed by atoms with Crippen molar-refractivity contribution in [1.82, 2.24) is 9.55 Å². The number of nitrogens with zero attached hydrogens (tertiary/aromatic N) is 3. The van der Waals surface area contributed by atoms with Crippen molar-refractivity contribution in [2.45, 2.75) is 6.92 Å². The summed E-state index contributed by atoms with van der Waals surface area (Å²) in [6.07, 6.45) is 1.49. The summed E-state index contributed by atoms with van der Waals surface area (Å²) in [7, 11) is 1.64. The minimum absolute atomic E-state index is 0.125. The van der Waals surface area contributed by atoms with Crippen molar-refractivity contribution < 1.29 is 0 Å². The van der Waals surface area contributed by atoms with Gasteiger partial charge >= 0.3 is 0 Å². The summed E-state index contributed by atoms with van der Waals surface area (Å²) in [5.74, 6) is 0. The van der Waals surface area contributed by atoms with Crippen LogP contribution in [0, 0.1) is 18.3 Å². The van der Waals surface area contributed by atoms with Gasteiger partial charge in [-0.15, -0.1) is 0 Å². The molecule has 4 nitrogen and oxygen atoms in total. The van der Waals surface area contributed by atoms with Gasteiger partial charge in [0.2, 0.25) is 0 Å². The number of hydrogen-bond acceptors (Lipinski definition) is 3. The van der Waals surface area contributed by atoms with Gasteiger partial charge in [0.05, 0.1) is 28.9 Å². The van der Waals surface area contributed by atoms with Crippen molar-refractivity contribution >= 4 is 10.9 Å². The first-order valence-electron chi connectivity index (χ1n) is 4.49. The highest BCUT2D eigenvalue weighted by molar-refractivity contribution is 5.82. The Kier molecular flexibility index (Phi) is 2.01. The first kappa shape index (κ1) is 9.41. The van der Waals surface area contributed by atoms with Gasteiger partial charge in [0.1, 0.15) is 0 Å². The summed E-state index contributed by atoms with van der Waals surface area (Å²) in [5.41, 5.74) is 1.88. The van der Waals surface area contributed by atoms with Crippen LogP contribution < -0.4 is 5.56 Å². The largest absolute Gasteiger partial charge is 0.302 e. The van der Waals surface area contributed by atoms with Gasteiger partial charge in [-0.25, -0.2) is 4.98 Å². The van der Waals surface area contributed by atoms with Gasteiger partial charge in [-0.3, -0.25) is 4.79 Å². The Bertz CT molecular complexity index is 635. The maximum atomic E-state index is 11.8. The summed E-state index contributed by atoms with van der Waals surface area (Å²) in [5, 5.41) is 9.30. The lowest BCUT2D eigenvalue weighted by molar-refractivity contribution is 0.842. The van der Waals surface area contributed by atoms with Crippen molar-refractivity contribution in [2.75, 3.05) is 0 Å². The molecular weight excluding hydrogens is 190 g/mol. The lowest BCUT2D eigenvalue weighted by Crippen LogP contribution is -2.17. The van der Waals surface area contributed by atoms with Gasteiger partial charge < -0.3 is 4.57 Å². The molecule has 2 rings (SSSR count). The Hall–Kier alpha value is -2.15. The number of aryl methyl sites for hydroxylation is 2. The molecule has 0 spiro atoms. The SMILES string of the molecule is Cc1cc(C#N)cc2c(=O)n(C)cnc12. The number of aromatic nitrogens is 2. The van der Waals surface area contributed by atoms with Gasteiger partial charge in [-0.2, -0.15) is 5.26 Å². The molecule has 0 amide bonds. The maximum Gasteiger partial charge on any atom is 0.260 e. The average Bonchev–Trinajstić information content (AvgIpc) is 2.23. The number of benzene rings is 1. The van der Waals surface area contributed by atoms with Crippen LogP contribution in [0.25, 0.3) is 10.9 Å². The van der Waals surface area contributed by atoms with Crippen LogP contribution in [-0.4, -0.2) is 9.55 Å². The van der Waals surface area contributed by atoms with Gasteiger partial charge in [-0.05, 0) is 24.6 Å². The molecule has 1 heterocycles. The molecular formula is C11H9N3O. The van der Waals surface area contributed by atoms with Crippen LogP contribution in [0.5, 0.6) is 0 Å². The van der Waals surface area contributed by atoms with Crippen LogP contribution in [0.1, 0.15) is 11.1 Å². The fourth-order valence-corrected chi connectivity index (χ4v) is 1.57. The van der Waals surface area contributed by atoms with Gasteiger partial charge in [-0.1, -0.05) is 0 Å². The minimum atomic E-state index is -0.125. The third-order valence-corrected chi connectivity index (χ3v) is 2.34. The molecule has 2 aromatic rings.